The molecule has 3 aliphatic heterocycles. The van der Waals surface area contributed by atoms with Crippen molar-refractivity contribution < 1.29 is 38.2 Å². The second-order valence-electron chi connectivity index (χ2n) is 12.7. The van der Waals surface area contributed by atoms with Gasteiger partial charge in [0.05, 0.1) is 18.6 Å². The van der Waals surface area contributed by atoms with Gasteiger partial charge in [-0.2, -0.15) is 0 Å². The van der Waals surface area contributed by atoms with Gasteiger partial charge in [0.15, 0.2) is 11.5 Å². The summed E-state index contributed by atoms with van der Waals surface area (Å²) < 4.78 is 17.2. The summed E-state index contributed by atoms with van der Waals surface area (Å²) in [6.45, 7) is 1.95. The van der Waals surface area contributed by atoms with Crippen LogP contribution in [-0.4, -0.2) is 92.0 Å². The molecule has 13 nitrogen and oxygen atoms in total. The van der Waals surface area contributed by atoms with Crippen molar-refractivity contribution in [2.75, 3.05) is 39.5 Å². The normalized spacial score (nSPS) is 21.4. The summed E-state index contributed by atoms with van der Waals surface area (Å²) in [6, 6.07) is 18.7. The van der Waals surface area contributed by atoms with Crippen LogP contribution in [0.15, 0.2) is 72.8 Å². The molecule has 51 heavy (non-hydrogen) atoms. The van der Waals surface area contributed by atoms with Crippen molar-refractivity contribution in [2.45, 2.75) is 56.7 Å². The molecule has 0 saturated carbocycles. The Bertz CT molecular complexity index is 1730. The molecule has 0 radical (unpaired) electrons. The minimum absolute atomic E-state index is 0.194. The summed E-state index contributed by atoms with van der Waals surface area (Å²) in [5.74, 6) is -0.766. The largest absolute Gasteiger partial charge is 0.493 e. The van der Waals surface area contributed by atoms with Crippen LogP contribution in [0.25, 0.3) is 0 Å². The standard InChI is InChI=1S/C38H43N5O8/c44-34-24-29(37(47)40-17-15-26-13-14-32-33(23-26)51-21-20-50-32)41-35(45)27-10-4-5-12-31(27)49-19-7-16-39-36(46)28(22-25-8-2-1-3-9-25)42-38(48)30-11-6-18-43(30)34/h1-5,8-10,12-14,23,28-30H,6-7,11,15-22,24H2,(H,39,46)(H,40,47)(H,41,45)(H,42,48)/t28-,29-,30+/m0/s1. The molecule has 0 aromatic heterocycles. The third-order valence-electron chi connectivity index (χ3n) is 9.12. The van der Waals surface area contributed by atoms with Crippen molar-refractivity contribution in [3.63, 3.8) is 0 Å². The molecule has 3 atom stereocenters. The minimum Gasteiger partial charge on any atom is -0.493 e. The first-order valence-electron chi connectivity index (χ1n) is 17.5. The molecule has 3 aliphatic rings. The Morgan fingerprint density at radius 3 is 2.39 bits per heavy atom. The second kappa shape index (κ2) is 16.9. The topological polar surface area (TPSA) is 164 Å². The van der Waals surface area contributed by atoms with Gasteiger partial charge in [0.1, 0.15) is 37.1 Å². The first-order valence-corrected chi connectivity index (χ1v) is 17.5. The smallest absolute Gasteiger partial charge is 0.255 e. The number of nitrogens with zero attached hydrogens (tertiary/aromatic N) is 1. The number of para-hydroxylation sites is 1. The maximum atomic E-state index is 13.9. The SMILES string of the molecule is O=C1N[C@H](C(=O)NCCc2ccc3c(c2)OCCO3)CC(=O)N2CCC[C@@H]2C(=O)N[C@@H](Cc2ccccc2)C(=O)NCCCOc2ccccc21. The van der Waals surface area contributed by atoms with Crippen molar-refractivity contribution in [3.05, 3.63) is 89.5 Å². The number of amides is 5. The van der Waals surface area contributed by atoms with Gasteiger partial charge in [-0.05, 0) is 61.1 Å². The third-order valence-corrected chi connectivity index (χ3v) is 9.12. The summed E-state index contributed by atoms with van der Waals surface area (Å²) in [5.41, 5.74) is 1.99. The maximum absolute atomic E-state index is 13.9. The predicted octanol–water partition coefficient (Wildman–Crippen LogP) is 1.92. The minimum atomic E-state index is -1.24. The number of hydrogen-bond acceptors (Lipinski definition) is 8. The molecule has 3 heterocycles. The number of rotatable bonds is 6. The highest BCUT2D eigenvalue weighted by Crippen LogP contribution is 2.31. The first kappa shape index (κ1) is 35.2. The van der Waals surface area contributed by atoms with E-state index < -0.39 is 41.8 Å². The Morgan fingerprint density at radius 2 is 1.55 bits per heavy atom. The molecular formula is C38H43N5O8. The second-order valence-corrected chi connectivity index (χ2v) is 12.7. The van der Waals surface area contributed by atoms with Gasteiger partial charge in [0.25, 0.3) is 5.91 Å². The molecule has 13 heteroatoms. The molecule has 5 amide bonds. The van der Waals surface area contributed by atoms with E-state index in [9.17, 15) is 24.0 Å². The van der Waals surface area contributed by atoms with Crippen LogP contribution in [0, 0.1) is 0 Å². The monoisotopic (exact) mass is 697 g/mol. The van der Waals surface area contributed by atoms with E-state index in [4.69, 9.17) is 14.2 Å². The average molecular weight is 698 g/mol. The molecule has 0 spiro atoms. The Morgan fingerprint density at radius 1 is 0.784 bits per heavy atom. The molecule has 3 aromatic rings. The Balaban J connectivity index is 1.20. The van der Waals surface area contributed by atoms with Gasteiger partial charge in [-0.15, -0.1) is 0 Å². The van der Waals surface area contributed by atoms with Gasteiger partial charge < -0.3 is 40.4 Å². The van der Waals surface area contributed by atoms with Gasteiger partial charge in [-0.25, -0.2) is 0 Å². The molecule has 1 fully saturated rings. The van der Waals surface area contributed by atoms with E-state index >= 15 is 0 Å². The Hall–Kier alpha value is -5.59. The van der Waals surface area contributed by atoms with Gasteiger partial charge in [-0.3, -0.25) is 24.0 Å². The summed E-state index contributed by atoms with van der Waals surface area (Å²) >= 11 is 0. The molecule has 0 bridgehead atoms. The van der Waals surface area contributed by atoms with Crippen LogP contribution < -0.4 is 35.5 Å². The lowest BCUT2D eigenvalue weighted by atomic mass is 10.0. The van der Waals surface area contributed by atoms with E-state index in [1.54, 1.807) is 24.3 Å². The first-order chi connectivity index (χ1) is 24.9. The van der Waals surface area contributed by atoms with Gasteiger partial charge in [-0.1, -0.05) is 48.5 Å². The van der Waals surface area contributed by atoms with Gasteiger partial charge in [0, 0.05) is 26.1 Å². The van der Waals surface area contributed by atoms with Crippen LogP contribution in [0.3, 0.4) is 0 Å². The lowest BCUT2D eigenvalue weighted by Gasteiger charge is -2.28. The van der Waals surface area contributed by atoms with E-state index in [1.165, 1.54) is 4.90 Å². The lowest BCUT2D eigenvalue weighted by Crippen LogP contribution is -2.55. The molecule has 6 rings (SSSR count). The Kier molecular flexibility index (Phi) is 11.7. The number of carbonyl (C=O) groups excluding carboxylic acids is 5. The fraction of sp³-hybridized carbons (Fsp3) is 0.395. The van der Waals surface area contributed by atoms with Crippen LogP contribution in [0.2, 0.25) is 0 Å². The highest BCUT2D eigenvalue weighted by molar-refractivity contribution is 6.01. The molecule has 268 valence electrons. The maximum Gasteiger partial charge on any atom is 0.255 e. The van der Waals surface area contributed by atoms with E-state index in [0.717, 1.165) is 11.1 Å². The number of ether oxygens (including phenoxy) is 3. The van der Waals surface area contributed by atoms with Crippen molar-refractivity contribution >= 4 is 29.5 Å². The fourth-order valence-electron chi connectivity index (χ4n) is 6.47. The molecule has 1 saturated heterocycles. The quantitative estimate of drug-likeness (QED) is 0.304. The zero-order valence-corrected chi connectivity index (χ0v) is 28.4. The van der Waals surface area contributed by atoms with Crippen LogP contribution >= 0.6 is 0 Å². The number of benzene rings is 3. The molecule has 0 aliphatic carbocycles. The summed E-state index contributed by atoms with van der Waals surface area (Å²) in [4.78, 5) is 69.6. The van der Waals surface area contributed by atoms with Crippen molar-refractivity contribution in [1.29, 1.82) is 0 Å². The highest BCUT2D eigenvalue weighted by Gasteiger charge is 2.38. The van der Waals surface area contributed by atoms with E-state index in [-0.39, 0.29) is 44.0 Å². The number of fused-ring (bicyclic) bond motifs is 3. The van der Waals surface area contributed by atoms with Crippen LogP contribution in [0.1, 0.15) is 47.2 Å². The van der Waals surface area contributed by atoms with Gasteiger partial charge in [0.2, 0.25) is 23.6 Å². The molecule has 4 N–H and O–H groups in total. The predicted molar refractivity (Wildman–Crippen MR) is 186 cm³/mol. The third kappa shape index (κ3) is 9.15. The number of carbonyl (C=O) groups is 5. The number of nitrogens with one attached hydrogen (secondary N) is 4. The van der Waals surface area contributed by atoms with E-state index in [1.807, 2.05) is 48.5 Å². The lowest BCUT2D eigenvalue weighted by molar-refractivity contribution is -0.140. The van der Waals surface area contributed by atoms with Crippen LogP contribution in [-0.2, 0) is 32.0 Å². The number of hydrogen-bond donors (Lipinski definition) is 4. The average Bonchev–Trinajstić information content (AvgIpc) is 3.65. The van der Waals surface area contributed by atoms with E-state index in [0.29, 0.717) is 62.7 Å². The summed E-state index contributed by atoms with van der Waals surface area (Å²) in [6.07, 6.45) is 1.78. The summed E-state index contributed by atoms with van der Waals surface area (Å²) in [7, 11) is 0. The zero-order chi connectivity index (χ0) is 35.6. The van der Waals surface area contributed by atoms with Crippen molar-refractivity contribution in [3.8, 4) is 17.2 Å². The molecule has 0 unspecified atom stereocenters. The van der Waals surface area contributed by atoms with Crippen LogP contribution in [0.5, 0.6) is 17.2 Å². The molecule has 3 aromatic carbocycles. The van der Waals surface area contributed by atoms with Crippen LogP contribution in [0.4, 0.5) is 0 Å². The van der Waals surface area contributed by atoms with Crippen molar-refractivity contribution in [1.82, 2.24) is 26.2 Å². The zero-order valence-electron chi connectivity index (χ0n) is 28.4. The van der Waals surface area contributed by atoms with Crippen molar-refractivity contribution in [2.24, 2.45) is 0 Å². The Labute approximate surface area is 296 Å². The fourth-order valence-corrected chi connectivity index (χ4v) is 6.47. The van der Waals surface area contributed by atoms with Gasteiger partial charge >= 0.3 is 0 Å². The highest BCUT2D eigenvalue weighted by atomic mass is 16.6. The van der Waals surface area contributed by atoms with E-state index in [2.05, 4.69) is 21.3 Å². The molecular weight excluding hydrogens is 654 g/mol. The summed E-state index contributed by atoms with van der Waals surface area (Å²) in [5, 5.41) is 11.4.